The van der Waals surface area contributed by atoms with E-state index in [-0.39, 0.29) is 6.04 Å². The molecule has 0 radical (unpaired) electrons. The SMILES string of the molecule is CCCC(N)C(O)CC(C)c1ccccc1Br. The van der Waals surface area contributed by atoms with Gasteiger partial charge in [0.2, 0.25) is 0 Å². The minimum absolute atomic E-state index is 0.107. The summed E-state index contributed by atoms with van der Waals surface area (Å²) in [6.45, 7) is 4.21. The van der Waals surface area contributed by atoms with E-state index in [0.29, 0.717) is 12.3 Å². The molecule has 0 amide bonds. The molecule has 0 aliphatic heterocycles. The Hall–Kier alpha value is -0.380. The normalized spacial score (nSPS) is 16.5. The molecule has 0 saturated heterocycles. The monoisotopic (exact) mass is 299 g/mol. The van der Waals surface area contributed by atoms with Crippen LogP contribution in [0.4, 0.5) is 0 Å². The summed E-state index contributed by atoms with van der Waals surface area (Å²) in [6, 6.07) is 8.04. The number of halogens is 1. The zero-order chi connectivity index (χ0) is 12.8. The van der Waals surface area contributed by atoms with E-state index >= 15 is 0 Å². The van der Waals surface area contributed by atoms with E-state index < -0.39 is 6.10 Å². The van der Waals surface area contributed by atoms with Crippen LogP contribution in [-0.4, -0.2) is 17.3 Å². The molecule has 0 bridgehead atoms. The van der Waals surface area contributed by atoms with Gasteiger partial charge in [0.15, 0.2) is 0 Å². The number of benzene rings is 1. The predicted octanol–water partition coefficient (Wildman–Crippen LogP) is 3.43. The fourth-order valence-corrected chi connectivity index (χ4v) is 2.74. The van der Waals surface area contributed by atoms with E-state index in [2.05, 4.69) is 35.8 Å². The van der Waals surface area contributed by atoms with Crippen molar-refractivity contribution in [1.82, 2.24) is 0 Å². The lowest BCUT2D eigenvalue weighted by Crippen LogP contribution is -2.35. The Labute approximate surface area is 112 Å². The maximum Gasteiger partial charge on any atom is 0.0696 e. The van der Waals surface area contributed by atoms with E-state index in [9.17, 15) is 5.11 Å². The Bertz CT molecular complexity index is 343. The summed E-state index contributed by atoms with van der Waals surface area (Å²) < 4.78 is 1.10. The first kappa shape index (κ1) is 14.7. The molecule has 17 heavy (non-hydrogen) atoms. The second-order valence-electron chi connectivity index (χ2n) is 4.68. The van der Waals surface area contributed by atoms with Gasteiger partial charge in [0, 0.05) is 10.5 Å². The van der Waals surface area contributed by atoms with E-state index in [4.69, 9.17) is 5.73 Å². The van der Waals surface area contributed by atoms with Crippen molar-refractivity contribution < 1.29 is 5.11 Å². The smallest absolute Gasteiger partial charge is 0.0696 e. The molecular formula is C14H22BrNO. The van der Waals surface area contributed by atoms with Gasteiger partial charge in [0.05, 0.1) is 6.10 Å². The predicted molar refractivity (Wildman–Crippen MR) is 76.1 cm³/mol. The van der Waals surface area contributed by atoms with Crippen molar-refractivity contribution in [3.8, 4) is 0 Å². The van der Waals surface area contributed by atoms with Gasteiger partial charge in [0.25, 0.3) is 0 Å². The van der Waals surface area contributed by atoms with Gasteiger partial charge in [-0.1, -0.05) is 54.4 Å². The molecule has 0 heterocycles. The maximum atomic E-state index is 10.0. The van der Waals surface area contributed by atoms with Crippen LogP contribution in [0.2, 0.25) is 0 Å². The van der Waals surface area contributed by atoms with Crippen LogP contribution in [0.25, 0.3) is 0 Å². The van der Waals surface area contributed by atoms with Gasteiger partial charge in [0.1, 0.15) is 0 Å². The number of aliphatic hydroxyl groups excluding tert-OH is 1. The van der Waals surface area contributed by atoms with Crippen molar-refractivity contribution in [3.05, 3.63) is 34.3 Å². The van der Waals surface area contributed by atoms with Gasteiger partial charge in [-0.15, -0.1) is 0 Å². The average Bonchev–Trinajstić information content (AvgIpc) is 2.29. The fraction of sp³-hybridized carbons (Fsp3) is 0.571. The van der Waals surface area contributed by atoms with E-state index in [0.717, 1.165) is 17.3 Å². The van der Waals surface area contributed by atoms with Crippen molar-refractivity contribution in [2.45, 2.75) is 51.2 Å². The summed E-state index contributed by atoms with van der Waals surface area (Å²) in [6.07, 6.45) is 2.19. The minimum Gasteiger partial charge on any atom is -0.391 e. The molecule has 0 aromatic heterocycles. The summed E-state index contributed by atoms with van der Waals surface area (Å²) >= 11 is 3.54. The first-order valence-electron chi connectivity index (χ1n) is 6.24. The lowest BCUT2D eigenvalue weighted by Gasteiger charge is -2.22. The van der Waals surface area contributed by atoms with Crippen molar-refractivity contribution >= 4 is 15.9 Å². The van der Waals surface area contributed by atoms with Gasteiger partial charge in [-0.2, -0.15) is 0 Å². The second kappa shape index (κ2) is 7.14. The van der Waals surface area contributed by atoms with Crippen LogP contribution in [0.3, 0.4) is 0 Å². The quantitative estimate of drug-likeness (QED) is 0.845. The molecule has 0 fully saturated rings. The molecule has 3 heteroatoms. The number of rotatable bonds is 6. The molecular weight excluding hydrogens is 278 g/mol. The fourth-order valence-electron chi connectivity index (χ4n) is 2.06. The van der Waals surface area contributed by atoms with E-state index in [1.807, 2.05) is 18.2 Å². The number of aliphatic hydroxyl groups is 1. The van der Waals surface area contributed by atoms with Crippen LogP contribution < -0.4 is 5.73 Å². The molecule has 1 aromatic carbocycles. The third kappa shape index (κ3) is 4.41. The molecule has 2 nitrogen and oxygen atoms in total. The summed E-state index contributed by atoms with van der Waals surface area (Å²) in [5, 5.41) is 10.0. The largest absolute Gasteiger partial charge is 0.391 e. The van der Waals surface area contributed by atoms with Crippen molar-refractivity contribution in [1.29, 1.82) is 0 Å². The van der Waals surface area contributed by atoms with Gasteiger partial charge >= 0.3 is 0 Å². The Morgan fingerprint density at radius 1 is 1.35 bits per heavy atom. The summed E-state index contributed by atoms with van der Waals surface area (Å²) in [5.41, 5.74) is 7.16. The molecule has 0 spiro atoms. The zero-order valence-electron chi connectivity index (χ0n) is 10.6. The molecule has 0 aliphatic rings. The highest BCUT2D eigenvalue weighted by atomic mass is 79.9. The Kier molecular flexibility index (Phi) is 6.17. The summed E-state index contributed by atoms with van der Waals surface area (Å²) in [4.78, 5) is 0. The molecule has 0 aliphatic carbocycles. The summed E-state index contributed by atoms with van der Waals surface area (Å²) in [7, 11) is 0. The molecule has 3 unspecified atom stereocenters. The van der Waals surface area contributed by atoms with Crippen LogP contribution in [0.1, 0.15) is 44.6 Å². The second-order valence-corrected chi connectivity index (χ2v) is 5.53. The lowest BCUT2D eigenvalue weighted by molar-refractivity contribution is 0.124. The topological polar surface area (TPSA) is 46.2 Å². The number of nitrogens with two attached hydrogens (primary N) is 1. The lowest BCUT2D eigenvalue weighted by atomic mass is 9.91. The standard InChI is InChI=1S/C14H22BrNO/c1-3-6-13(16)14(17)9-10(2)11-7-4-5-8-12(11)15/h4-5,7-8,10,13-14,17H,3,6,9,16H2,1-2H3. The maximum absolute atomic E-state index is 10.0. The highest BCUT2D eigenvalue weighted by Gasteiger charge is 2.19. The molecule has 1 aromatic rings. The van der Waals surface area contributed by atoms with Crippen molar-refractivity contribution in [3.63, 3.8) is 0 Å². The van der Waals surface area contributed by atoms with Crippen molar-refractivity contribution in [2.75, 3.05) is 0 Å². The average molecular weight is 300 g/mol. The van der Waals surface area contributed by atoms with Gasteiger partial charge in [-0.3, -0.25) is 0 Å². The highest BCUT2D eigenvalue weighted by molar-refractivity contribution is 9.10. The van der Waals surface area contributed by atoms with Gasteiger partial charge in [-0.05, 0) is 30.4 Å². The molecule has 96 valence electrons. The van der Waals surface area contributed by atoms with Crippen molar-refractivity contribution in [2.24, 2.45) is 5.73 Å². The summed E-state index contributed by atoms with van der Waals surface area (Å²) in [5.74, 6) is 0.309. The van der Waals surface area contributed by atoms with Gasteiger partial charge in [-0.25, -0.2) is 0 Å². The van der Waals surface area contributed by atoms with Crippen LogP contribution in [0.5, 0.6) is 0 Å². The number of hydrogen-bond donors (Lipinski definition) is 2. The van der Waals surface area contributed by atoms with Gasteiger partial charge < -0.3 is 10.8 Å². The third-order valence-electron chi connectivity index (χ3n) is 3.15. The zero-order valence-corrected chi connectivity index (χ0v) is 12.2. The molecule has 0 saturated carbocycles. The first-order chi connectivity index (χ1) is 8.06. The van der Waals surface area contributed by atoms with Crippen LogP contribution in [-0.2, 0) is 0 Å². The Morgan fingerprint density at radius 2 is 2.00 bits per heavy atom. The highest BCUT2D eigenvalue weighted by Crippen LogP contribution is 2.28. The van der Waals surface area contributed by atoms with Crippen LogP contribution in [0.15, 0.2) is 28.7 Å². The van der Waals surface area contributed by atoms with E-state index in [1.165, 1.54) is 5.56 Å². The van der Waals surface area contributed by atoms with E-state index in [1.54, 1.807) is 0 Å². The van der Waals surface area contributed by atoms with Crippen LogP contribution >= 0.6 is 15.9 Å². The van der Waals surface area contributed by atoms with Crippen LogP contribution in [0, 0.1) is 0 Å². The molecule has 1 rings (SSSR count). The number of hydrogen-bond acceptors (Lipinski definition) is 2. The molecule has 3 N–H and O–H groups in total. The molecule has 3 atom stereocenters. The Morgan fingerprint density at radius 3 is 2.59 bits per heavy atom. The minimum atomic E-state index is -0.419. The first-order valence-corrected chi connectivity index (χ1v) is 7.03. The Balaban J connectivity index is 2.60. The third-order valence-corrected chi connectivity index (χ3v) is 3.87.